The second kappa shape index (κ2) is 5.94. The fourth-order valence-corrected chi connectivity index (χ4v) is 1.74. The lowest BCUT2D eigenvalue weighted by Gasteiger charge is -2.08. The van der Waals surface area contributed by atoms with Crippen molar-refractivity contribution in [3.05, 3.63) is 40.4 Å². The summed E-state index contributed by atoms with van der Waals surface area (Å²) in [4.78, 5) is 8.03. The Morgan fingerprint density at radius 3 is 2.79 bits per heavy atom. The summed E-state index contributed by atoms with van der Waals surface area (Å²) in [5.74, 6) is 0.329. The lowest BCUT2D eigenvalue weighted by molar-refractivity contribution is 0.177. The average molecular weight is 328 g/mol. The average Bonchev–Trinajstić information content (AvgIpc) is 2.32. The van der Waals surface area contributed by atoms with Gasteiger partial charge in [0, 0.05) is 17.6 Å². The lowest BCUT2D eigenvalue weighted by Crippen LogP contribution is -2.02. The summed E-state index contributed by atoms with van der Waals surface area (Å²) in [5, 5.41) is 0. The molecule has 0 saturated carbocycles. The Kier molecular flexibility index (Phi) is 4.28. The molecular weight excluding hydrogens is 317 g/mol. The van der Waals surface area contributed by atoms with Crippen LogP contribution in [0, 0.1) is 5.82 Å². The number of ether oxygens (including phenoxy) is 2. The van der Waals surface area contributed by atoms with Crippen molar-refractivity contribution in [3.63, 3.8) is 0 Å². The van der Waals surface area contributed by atoms with Gasteiger partial charge in [0.2, 0.25) is 5.88 Å². The van der Waals surface area contributed by atoms with Crippen molar-refractivity contribution in [2.24, 2.45) is 0 Å². The first-order valence-corrected chi connectivity index (χ1v) is 6.13. The zero-order valence-electron chi connectivity index (χ0n) is 10.1. The molecule has 0 amide bonds. The molecule has 2 N–H and O–H groups in total. The van der Waals surface area contributed by atoms with Crippen molar-refractivity contribution in [3.8, 4) is 11.6 Å². The topological polar surface area (TPSA) is 70.3 Å². The summed E-state index contributed by atoms with van der Waals surface area (Å²) in [7, 11) is 1.52. The quantitative estimate of drug-likeness (QED) is 0.934. The maximum Gasteiger partial charge on any atom is 0.224 e. The normalized spacial score (nSPS) is 10.5. The molecule has 1 aromatic carbocycles. The number of benzene rings is 1. The van der Waals surface area contributed by atoms with E-state index in [1.54, 1.807) is 6.07 Å². The van der Waals surface area contributed by atoms with Crippen LogP contribution < -0.4 is 10.5 Å². The highest BCUT2D eigenvalue weighted by Gasteiger charge is 2.09. The van der Waals surface area contributed by atoms with Crippen LogP contribution in [0.25, 0.3) is 0 Å². The van der Waals surface area contributed by atoms with Gasteiger partial charge in [-0.2, -0.15) is 4.98 Å². The predicted octanol–water partition coefficient (Wildman–Crippen LogP) is 2.90. The van der Waals surface area contributed by atoms with Crippen LogP contribution in [0.15, 0.2) is 28.7 Å². The first kappa shape index (κ1) is 13.7. The van der Waals surface area contributed by atoms with E-state index in [1.165, 1.54) is 25.3 Å². The zero-order chi connectivity index (χ0) is 13.8. The van der Waals surface area contributed by atoms with Gasteiger partial charge in [-0.1, -0.05) is 15.9 Å². The molecule has 19 heavy (non-hydrogen) atoms. The Morgan fingerprint density at radius 1 is 1.32 bits per heavy atom. The van der Waals surface area contributed by atoms with Crippen LogP contribution in [0.5, 0.6) is 11.6 Å². The van der Waals surface area contributed by atoms with Crippen LogP contribution in [-0.4, -0.2) is 17.1 Å². The number of hydrogen-bond acceptors (Lipinski definition) is 5. The number of aromatic nitrogens is 2. The molecule has 0 unspecified atom stereocenters. The minimum Gasteiger partial charge on any atom is -0.436 e. The van der Waals surface area contributed by atoms with E-state index in [4.69, 9.17) is 15.2 Å². The molecule has 0 spiro atoms. The molecule has 0 aliphatic heterocycles. The van der Waals surface area contributed by atoms with E-state index in [1.807, 2.05) is 0 Å². The summed E-state index contributed by atoms with van der Waals surface area (Å²) < 4.78 is 24.5. The van der Waals surface area contributed by atoms with Gasteiger partial charge in [-0.05, 0) is 18.2 Å². The molecule has 100 valence electrons. The maximum absolute atomic E-state index is 13.6. The fraction of sp³-hybridized carbons (Fsp3) is 0.167. The highest BCUT2D eigenvalue weighted by molar-refractivity contribution is 9.10. The number of methoxy groups -OCH3 is 1. The van der Waals surface area contributed by atoms with E-state index in [0.717, 1.165) is 0 Å². The van der Waals surface area contributed by atoms with Crippen molar-refractivity contribution in [1.29, 1.82) is 0 Å². The molecule has 0 bridgehead atoms. The number of nitrogens with two attached hydrogens (primary N) is 1. The van der Waals surface area contributed by atoms with Crippen molar-refractivity contribution in [2.45, 2.75) is 6.61 Å². The van der Waals surface area contributed by atoms with Gasteiger partial charge in [-0.3, -0.25) is 0 Å². The third kappa shape index (κ3) is 3.62. The molecule has 5 nitrogen and oxygen atoms in total. The van der Waals surface area contributed by atoms with Gasteiger partial charge >= 0.3 is 0 Å². The largest absolute Gasteiger partial charge is 0.436 e. The third-order valence-corrected chi connectivity index (χ3v) is 2.64. The van der Waals surface area contributed by atoms with E-state index in [-0.39, 0.29) is 24.1 Å². The monoisotopic (exact) mass is 327 g/mol. The van der Waals surface area contributed by atoms with E-state index < -0.39 is 5.82 Å². The summed E-state index contributed by atoms with van der Waals surface area (Å²) in [5.41, 5.74) is 5.62. The number of halogens is 2. The number of nitrogens with zero attached hydrogens (tertiary/aromatic N) is 2. The standard InChI is InChI=1S/C12H11BrFN3O2/c1-18-6-11-16-10(15)5-12(17-11)19-9-3-2-7(13)4-8(9)14/h2-5H,6H2,1H3,(H2,15,16,17). The predicted molar refractivity (Wildman–Crippen MR) is 71.3 cm³/mol. The van der Waals surface area contributed by atoms with Crippen molar-refractivity contribution in [1.82, 2.24) is 9.97 Å². The lowest BCUT2D eigenvalue weighted by atomic mass is 10.3. The van der Waals surface area contributed by atoms with Gasteiger partial charge in [0.05, 0.1) is 0 Å². The summed E-state index contributed by atoms with van der Waals surface area (Å²) in [6.07, 6.45) is 0. The van der Waals surface area contributed by atoms with Crippen molar-refractivity contribution >= 4 is 21.7 Å². The van der Waals surface area contributed by atoms with Crippen LogP contribution in [0.4, 0.5) is 10.2 Å². The zero-order valence-corrected chi connectivity index (χ0v) is 11.6. The Labute approximate surface area is 117 Å². The molecular formula is C12H11BrFN3O2. The third-order valence-electron chi connectivity index (χ3n) is 2.15. The Bertz CT molecular complexity index is 595. The van der Waals surface area contributed by atoms with E-state index in [0.29, 0.717) is 10.3 Å². The summed E-state index contributed by atoms with van der Waals surface area (Å²) in [6, 6.07) is 5.88. The smallest absolute Gasteiger partial charge is 0.224 e. The molecule has 2 aromatic rings. The molecule has 1 heterocycles. The van der Waals surface area contributed by atoms with Gasteiger partial charge in [-0.15, -0.1) is 0 Å². The summed E-state index contributed by atoms with van der Waals surface area (Å²) in [6.45, 7) is 0.199. The SMILES string of the molecule is COCc1nc(N)cc(Oc2ccc(Br)cc2F)n1. The Balaban J connectivity index is 2.27. The number of anilines is 1. The van der Waals surface area contributed by atoms with Crippen LogP contribution >= 0.6 is 15.9 Å². The highest BCUT2D eigenvalue weighted by atomic mass is 79.9. The van der Waals surface area contributed by atoms with Crippen molar-refractivity contribution in [2.75, 3.05) is 12.8 Å². The minimum absolute atomic E-state index is 0.0599. The maximum atomic E-state index is 13.6. The number of nitrogen functional groups attached to an aromatic ring is 1. The van der Waals surface area contributed by atoms with Crippen LogP contribution in [0.1, 0.15) is 5.82 Å². The Hall–Kier alpha value is -1.73. The van der Waals surface area contributed by atoms with Gasteiger partial charge in [0.1, 0.15) is 12.4 Å². The second-order valence-corrected chi connectivity index (χ2v) is 4.57. The first-order valence-electron chi connectivity index (χ1n) is 5.34. The van der Waals surface area contributed by atoms with E-state index in [9.17, 15) is 4.39 Å². The first-order chi connectivity index (χ1) is 9.08. The highest BCUT2D eigenvalue weighted by Crippen LogP contribution is 2.26. The summed E-state index contributed by atoms with van der Waals surface area (Å²) >= 11 is 3.17. The molecule has 0 saturated heterocycles. The van der Waals surface area contributed by atoms with Crippen LogP contribution in [0.3, 0.4) is 0 Å². The molecule has 0 aliphatic rings. The van der Waals surface area contributed by atoms with Gasteiger partial charge < -0.3 is 15.2 Å². The van der Waals surface area contributed by atoms with Gasteiger partial charge in [-0.25, -0.2) is 9.37 Å². The van der Waals surface area contributed by atoms with Crippen LogP contribution in [-0.2, 0) is 11.3 Å². The molecule has 0 aliphatic carbocycles. The number of rotatable bonds is 4. The van der Waals surface area contributed by atoms with Crippen molar-refractivity contribution < 1.29 is 13.9 Å². The Morgan fingerprint density at radius 2 is 2.11 bits per heavy atom. The molecule has 0 fully saturated rings. The molecule has 0 atom stereocenters. The van der Waals surface area contributed by atoms with E-state index >= 15 is 0 Å². The molecule has 0 radical (unpaired) electrons. The molecule has 1 aromatic heterocycles. The van der Waals surface area contributed by atoms with Gasteiger partial charge in [0.25, 0.3) is 0 Å². The number of hydrogen-bond donors (Lipinski definition) is 1. The molecule has 2 rings (SSSR count). The second-order valence-electron chi connectivity index (χ2n) is 3.66. The molecule has 7 heteroatoms. The minimum atomic E-state index is -0.500. The van der Waals surface area contributed by atoms with Gasteiger partial charge in [0.15, 0.2) is 17.4 Å². The van der Waals surface area contributed by atoms with E-state index in [2.05, 4.69) is 25.9 Å². The van der Waals surface area contributed by atoms with Crippen LogP contribution in [0.2, 0.25) is 0 Å². The fourth-order valence-electron chi connectivity index (χ4n) is 1.41.